The van der Waals surface area contributed by atoms with Crippen molar-refractivity contribution in [2.45, 2.75) is 43.4 Å². The Morgan fingerprint density at radius 1 is 1.22 bits per heavy atom. The van der Waals surface area contributed by atoms with Crippen LogP contribution in [0.25, 0.3) is 0 Å². The van der Waals surface area contributed by atoms with Crippen LogP contribution in [0.5, 0.6) is 5.75 Å². The van der Waals surface area contributed by atoms with E-state index >= 15 is 0 Å². The number of carbonyl (C=O) groups excluding carboxylic acids is 1. The van der Waals surface area contributed by atoms with E-state index < -0.39 is 28.7 Å². The van der Waals surface area contributed by atoms with Gasteiger partial charge < -0.3 is 10.1 Å². The van der Waals surface area contributed by atoms with Crippen molar-refractivity contribution in [2.24, 2.45) is 5.92 Å². The Morgan fingerprint density at radius 2 is 1.91 bits per heavy atom. The normalized spacial score (nSPS) is 24.2. The fourth-order valence-corrected chi connectivity index (χ4v) is 5.62. The third-order valence-electron chi connectivity index (χ3n) is 7.05. The average molecular weight is 467 g/mol. The van der Waals surface area contributed by atoms with E-state index in [1.165, 1.54) is 12.1 Å². The number of ether oxygens (including phenoxy) is 1. The molecule has 2 heterocycles. The van der Waals surface area contributed by atoms with Crippen LogP contribution in [0.3, 0.4) is 0 Å². The highest BCUT2D eigenvalue weighted by molar-refractivity contribution is 6.34. The average Bonchev–Trinajstić information content (AvgIpc) is 2.77. The molecule has 1 unspecified atom stereocenters. The van der Waals surface area contributed by atoms with Crippen LogP contribution < -0.4 is 10.1 Å². The molecule has 0 aromatic heterocycles. The quantitative estimate of drug-likeness (QED) is 0.613. The van der Waals surface area contributed by atoms with Gasteiger partial charge in [-0.3, -0.25) is 9.69 Å². The summed E-state index contributed by atoms with van der Waals surface area (Å²) in [5.41, 5.74) is -0.672. The topological polar surface area (TPSA) is 41.6 Å². The number of hydrogen-bond acceptors (Lipinski definition) is 3. The standard InChI is InChI=1S/C24H26ClF3N2O2/c1-30-14-15-9-11-23(30,12-10-15)21(16-5-3-6-17(13-16)32-2)29-22(31)18-7-4-8-19(20(18)25)24(26,27)28/h3-8,13,15,21H,9-12,14H2,1-2H3,(H,29,31). The second-order valence-electron chi connectivity index (χ2n) is 8.78. The molecular weight excluding hydrogens is 441 g/mol. The van der Waals surface area contributed by atoms with Crippen molar-refractivity contribution < 1.29 is 22.7 Å². The molecule has 172 valence electrons. The summed E-state index contributed by atoms with van der Waals surface area (Å²) in [6.07, 6.45) is -0.727. The molecule has 2 saturated heterocycles. The largest absolute Gasteiger partial charge is 0.497 e. The molecule has 0 radical (unpaired) electrons. The molecule has 5 rings (SSSR count). The number of hydrogen-bond donors (Lipinski definition) is 1. The van der Waals surface area contributed by atoms with Crippen molar-refractivity contribution in [2.75, 3.05) is 20.7 Å². The third-order valence-corrected chi connectivity index (χ3v) is 7.46. The molecule has 1 saturated carbocycles. The van der Waals surface area contributed by atoms with E-state index in [0.29, 0.717) is 11.7 Å². The molecule has 0 spiro atoms. The maximum absolute atomic E-state index is 13.3. The molecular formula is C24H26ClF3N2O2. The van der Waals surface area contributed by atoms with Crippen molar-refractivity contribution in [1.82, 2.24) is 10.2 Å². The Morgan fingerprint density at radius 3 is 2.53 bits per heavy atom. The Bertz CT molecular complexity index is 1000. The number of carbonyl (C=O) groups is 1. The van der Waals surface area contributed by atoms with Crippen LogP contribution in [0.15, 0.2) is 42.5 Å². The number of nitrogens with one attached hydrogen (secondary N) is 1. The van der Waals surface area contributed by atoms with Crippen molar-refractivity contribution in [3.05, 3.63) is 64.2 Å². The molecule has 3 fully saturated rings. The highest BCUT2D eigenvalue weighted by atomic mass is 35.5. The molecule has 32 heavy (non-hydrogen) atoms. The zero-order valence-electron chi connectivity index (χ0n) is 18.0. The Balaban J connectivity index is 1.74. The van der Waals surface area contributed by atoms with Crippen LogP contribution in [0.4, 0.5) is 13.2 Å². The van der Waals surface area contributed by atoms with Gasteiger partial charge in [0.2, 0.25) is 0 Å². The molecule has 3 aliphatic rings. The molecule has 1 amide bonds. The Kier molecular flexibility index (Phi) is 6.16. The molecule has 2 aliphatic heterocycles. The minimum absolute atomic E-state index is 0.182. The van der Waals surface area contributed by atoms with Gasteiger partial charge in [-0.25, -0.2) is 0 Å². The van der Waals surface area contributed by atoms with Gasteiger partial charge in [-0.2, -0.15) is 13.2 Å². The summed E-state index contributed by atoms with van der Waals surface area (Å²) in [7, 11) is 3.63. The smallest absolute Gasteiger partial charge is 0.417 e. The van der Waals surface area contributed by atoms with Crippen LogP contribution in [0.2, 0.25) is 5.02 Å². The molecule has 2 aromatic rings. The van der Waals surface area contributed by atoms with Gasteiger partial charge in [-0.15, -0.1) is 0 Å². The summed E-state index contributed by atoms with van der Waals surface area (Å²) in [4.78, 5) is 15.6. The summed E-state index contributed by atoms with van der Waals surface area (Å²) in [6.45, 7) is 0.931. The van der Waals surface area contributed by atoms with Gasteiger partial charge in [-0.05, 0) is 68.5 Å². The zero-order valence-corrected chi connectivity index (χ0v) is 18.8. The lowest BCUT2D eigenvalue weighted by molar-refractivity contribution is -0.137. The van der Waals surface area contributed by atoms with Crippen LogP contribution >= 0.6 is 11.6 Å². The van der Waals surface area contributed by atoms with Gasteiger partial charge in [0.15, 0.2) is 0 Å². The van der Waals surface area contributed by atoms with Gasteiger partial charge in [0.25, 0.3) is 5.91 Å². The molecule has 8 heteroatoms. The number of likely N-dealkylation sites (N-methyl/N-ethyl adjacent to an activating group) is 1. The lowest BCUT2D eigenvalue weighted by Crippen LogP contribution is -2.62. The van der Waals surface area contributed by atoms with Crippen molar-refractivity contribution >= 4 is 17.5 Å². The first kappa shape index (κ1) is 22.9. The molecule has 2 aromatic carbocycles. The lowest BCUT2D eigenvalue weighted by Gasteiger charge is -2.57. The molecule has 1 aliphatic carbocycles. The van der Waals surface area contributed by atoms with Gasteiger partial charge in [0.1, 0.15) is 5.75 Å². The van der Waals surface area contributed by atoms with Crippen molar-refractivity contribution in [3.8, 4) is 5.75 Å². The lowest BCUT2D eigenvalue weighted by atomic mass is 9.65. The summed E-state index contributed by atoms with van der Waals surface area (Å²) in [5, 5.41) is 2.47. The summed E-state index contributed by atoms with van der Waals surface area (Å²) < 4.78 is 45.4. The number of piperidine rings is 2. The van der Waals surface area contributed by atoms with Gasteiger partial charge in [0, 0.05) is 12.1 Å². The number of nitrogens with zero attached hydrogens (tertiary/aromatic N) is 1. The van der Waals surface area contributed by atoms with Crippen LogP contribution in [0.1, 0.15) is 53.2 Å². The predicted molar refractivity (Wildman–Crippen MR) is 117 cm³/mol. The minimum Gasteiger partial charge on any atom is -0.497 e. The van der Waals surface area contributed by atoms with E-state index in [9.17, 15) is 18.0 Å². The van der Waals surface area contributed by atoms with Crippen LogP contribution in [-0.4, -0.2) is 37.0 Å². The maximum atomic E-state index is 13.3. The number of halogens is 4. The second kappa shape index (κ2) is 8.60. The van der Waals surface area contributed by atoms with Gasteiger partial charge in [-0.1, -0.05) is 29.8 Å². The summed E-state index contributed by atoms with van der Waals surface area (Å²) in [6, 6.07) is 10.5. The van der Waals surface area contributed by atoms with E-state index in [1.807, 2.05) is 24.3 Å². The first-order valence-electron chi connectivity index (χ1n) is 10.7. The minimum atomic E-state index is -4.64. The molecule has 1 N–H and O–H groups in total. The van der Waals surface area contributed by atoms with E-state index in [0.717, 1.165) is 43.9 Å². The number of benzene rings is 2. The van der Waals surface area contributed by atoms with Crippen LogP contribution in [0, 0.1) is 5.92 Å². The van der Waals surface area contributed by atoms with E-state index in [2.05, 4.69) is 17.3 Å². The third kappa shape index (κ3) is 4.08. The summed E-state index contributed by atoms with van der Waals surface area (Å²) in [5.74, 6) is 0.674. The fraction of sp³-hybridized carbons (Fsp3) is 0.458. The van der Waals surface area contributed by atoms with E-state index in [4.69, 9.17) is 16.3 Å². The van der Waals surface area contributed by atoms with Crippen molar-refractivity contribution in [3.63, 3.8) is 0 Å². The Labute approximate surface area is 190 Å². The number of fused-ring (bicyclic) bond motifs is 3. The van der Waals surface area contributed by atoms with Gasteiger partial charge >= 0.3 is 6.18 Å². The van der Waals surface area contributed by atoms with E-state index in [1.54, 1.807) is 7.11 Å². The molecule has 4 nitrogen and oxygen atoms in total. The first-order chi connectivity index (χ1) is 15.2. The van der Waals surface area contributed by atoms with Crippen molar-refractivity contribution in [1.29, 1.82) is 0 Å². The van der Waals surface area contributed by atoms with Crippen LogP contribution in [-0.2, 0) is 6.18 Å². The van der Waals surface area contributed by atoms with E-state index in [-0.39, 0.29) is 11.1 Å². The fourth-order valence-electron chi connectivity index (χ4n) is 5.30. The van der Waals surface area contributed by atoms with Gasteiger partial charge in [0.05, 0.1) is 29.3 Å². The predicted octanol–water partition coefficient (Wildman–Crippen LogP) is 5.71. The molecule has 1 atom stereocenters. The second-order valence-corrected chi connectivity index (χ2v) is 9.15. The summed E-state index contributed by atoms with van der Waals surface area (Å²) >= 11 is 6.05. The maximum Gasteiger partial charge on any atom is 0.417 e. The molecule has 2 bridgehead atoms. The monoisotopic (exact) mass is 466 g/mol. The first-order valence-corrected chi connectivity index (χ1v) is 11.1. The highest BCUT2D eigenvalue weighted by Crippen LogP contribution is 2.49. The number of alkyl halides is 3. The highest BCUT2D eigenvalue weighted by Gasteiger charge is 2.50. The Hall–Kier alpha value is -2.25. The number of methoxy groups -OCH3 is 1. The SMILES string of the molecule is COc1cccc(C(NC(=O)c2cccc(C(F)(F)F)c2Cl)C23CCC(CC2)CN3C)c1. The number of amides is 1. The zero-order chi connectivity index (χ0) is 23.1. The number of rotatable bonds is 5.